The van der Waals surface area contributed by atoms with Gasteiger partial charge in [0.05, 0.1) is 44.7 Å². The second-order valence-electron chi connectivity index (χ2n) is 6.63. The van der Waals surface area contributed by atoms with Crippen LogP contribution in [0.5, 0.6) is 0 Å². The van der Waals surface area contributed by atoms with E-state index in [1.54, 1.807) is 0 Å². The van der Waals surface area contributed by atoms with Crippen molar-refractivity contribution in [3.8, 4) is 0 Å². The van der Waals surface area contributed by atoms with E-state index < -0.39 is 0 Å². The van der Waals surface area contributed by atoms with Crippen LogP contribution >= 0.6 is 0 Å². The van der Waals surface area contributed by atoms with Crippen molar-refractivity contribution < 1.29 is 24.1 Å². The predicted molar refractivity (Wildman–Crippen MR) is 88.2 cm³/mol. The summed E-state index contributed by atoms with van der Waals surface area (Å²) in [7, 11) is 0. The average Bonchev–Trinajstić information content (AvgIpc) is 2.41. The van der Waals surface area contributed by atoms with E-state index in [1.165, 1.54) is 0 Å². The highest BCUT2D eigenvalue weighted by Crippen LogP contribution is 2.12. The Morgan fingerprint density at radius 3 is 2.18 bits per heavy atom. The molecule has 0 spiro atoms. The first-order valence-corrected chi connectivity index (χ1v) is 8.39. The van der Waals surface area contributed by atoms with Gasteiger partial charge in [-0.15, -0.1) is 0 Å². The van der Waals surface area contributed by atoms with Crippen LogP contribution in [0.2, 0.25) is 0 Å². The van der Waals surface area contributed by atoms with Gasteiger partial charge in [0, 0.05) is 13.2 Å². The van der Waals surface area contributed by atoms with Crippen molar-refractivity contribution in [2.45, 2.75) is 59.2 Å². The molecule has 0 aromatic carbocycles. The molecule has 0 fully saturated rings. The van der Waals surface area contributed by atoms with Crippen LogP contribution in [0, 0.1) is 5.92 Å². The normalized spacial score (nSPS) is 13.8. The molecular formula is C17H36O5. The van der Waals surface area contributed by atoms with E-state index in [9.17, 15) is 0 Å². The summed E-state index contributed by atoms with van der Waals surface area (Å²) in [4.78, 5) is 0. The molecule has 5 nitrogen and oxygen atoms in total. The van der Waals surface area contributed by atoms with Crippen molar-refractivity contribution in [3.63, 3.8) is 0 Å². The zero-order valence-corrected chi connectivity index (χ0v) is 15.1. The van der Waals surface area contributed by atoms with Crippen LogP contribution in [0.15, 0.2) is 0 Å². The van der Waals surface area contributed by atoms with Crippen LogP contribution in [0.3, 0.4) is 0 Å². The monoisotopic (exact) mass is 320 g/mol. The minimum atomic E-state index is -0.294. The highest BCUT2D eigenvalue weighted by atomic mass is 16.6. The van der Waals surface area contributed by atoms with Gasteiger partial charge in [-0.25, -0.2) is 0 Å². The number of aliphatic hydroxyl groups excluding tert-OH is 1. The molecule has 0 amide bonds. The first-order chi connectivity index (χ1) is 10.4. The van der Waals surface area contributed by atoms with Crippen LogP contribution in [-0.2, 0) is 18.9 Å². The quantitative estimate of drug-likeness (QED) is 0.470. The Labute approximate surface area is 136 Å². The topological polar surface area (TPSA) is 57.2 Å². The smallest absolute Gasteiger partial charge is 0.0780 e. The summed E-state index contributed by atoms with van der Waals surface area (Å²) in [6, 6.07) is 0. The van der Waals surface area contributed by atoms with Gasteiger partial charge in [-0.2, -0.15) is 0 Å². The standard InChI is InChI=1S/C17H36O5/c1-15(2)6-9-21-16(3)14-20-11-10-19-12-13-22-17(4,5)7-8-18/h15-16,18H,6-14H2,1-5H3. The van der Waals surface area contributed by atoms with Crippen molar-refractivity contribution in [2.24, 2.45) is 5.92 Å². The van der Waals surface area contributed by atoms with Crippen LogP contribution in [0.4, 0.5) is 0 Å². The molecule has 0 aliphatic rings. The molecule has 134 valence electrons. The third kappa shape index (κ3) is 14.7. The molecule has 0 bridgehead atoms. The summed E-state index contributed by atoms with van der Waals surface area (Å²) in [5.41, 5.74) is -0.294. The van der Waals surface area contributed by atoms with Gasteiger partial charge in [-0.1, -0.05) is 13.8 Å². The summed E-state index contributed by atoms with van der Waals surface area (Å²) in [5.74, 6) is 0.672. The Hall–Kier alpha value is -0.200. The fraction of sp³-hybridized carbons (Fsp3) is 1.00. The molecule has 1 unspecified atom stereocenters. The third-order valence-corrected chi connectivity index (χ3v) is 3.26. The van der Waals surface area contributed by atoms with Crippen molar-refractivity contribution in [3.05, 3.63) is 0 Å². The van der Waals surface area contributed by atoms with Crippen LogP contribution in [-0.4, -0.2) is 63.1 Å². The Morgan fingerprint density at radius 2 is 1.55 bits per heavy atom. The minimum absolute atomic E-state index is 0.126. The first kappa shape index (κ1) is 21.8. The molecule has 1 N–H and O–H groups in total. The fourth-order valence-corrected chi connectivity index (χ4v) is 1.74. The van der Waals surface area contributed by atoms with Gasteiger partial charge >= 0.3 is 0 Å². The average molecular weight is 320 g/mol. The SMILES string of the molecule is CC(C)CCOC(C)COCCOCCOC(C)(C)CCO. The highest BCUT2D eigenvalue weighted by molar-refractivity contribution is 4.67. The molecule has 5 heteroatoms. The molecular weight excluding hydrogens is 284 g/mol. The molecule has 0 aromatic heterocycles. The molecule has 0 aromatic rings. The minimum Gasteiger partial charge on any atom is -0.396 e. The zero-order valence-electron chi connectivity index (χ0n) is 15.1. The van der Waals surface area contributed by atoms with Crippen molar-refractivity contribution in [1.82, 2.24) is 0 Å². The number of hydrogen-bond donors (Lipinski definition) is 1. The fourth-order valence-electron chi connectivity index (χ4n) is 1.74. The number of rotatable bonds is 15. The molecule has 0 heterocycles. The van der Waals surface area contributed by atoms with Crippen LogP contribution < -0.4 is 0 Å². The van der Waals surface area contributed by atoms with Gasteiger partial charge in [0.25, 0.3) is 0 Å². The van der Waals surface area contributed by atoms with E-state index in [2.05, 4.69) is 13.8 Å². The third-order valence-electron chi connectivity index (χ3n) is 3.26. The van der Waals surface area contributed by atoms with Crippen LogP contribution in [0.25, 0.3) is 0 Å². The van der Waals surface area contributed by atoms with Crippen molar-refractivity contribution >= 4 is 0 Å². The van der Waals surface area contributed by atoms with E-state index in [1.807, 2.05) is 20.8 Å². The summed E-state index contributed by atoms with van der Waals surface area (Å²) >= 11 is 0. The Balaban J connectivity index is 3.33. The Kier molecular flexibility index (Phi) is 13.1. The molecule has 0 radical (unpaired) electrons. The molecule has 0 saturated carbocycles. The number of hydrogen-bond acceptors (Lipinski definition) is 5. The number of aliphatic hydroxyl groups is 1. The van der Waals surface area contributed by atoms with Gasteiger partial charge in [-0.05, 0) is 39.5 Å². The second kappa shape index (κ2) is 13.3. The van der Waals surface area contributed by atoms with E-state index >= 15 is 0 Å². The lowest BCUT2D eigenvalue weighted by atomic mass is 10.1. The van der Waals surface area contributed by atoms with Gasteiger partial charge in [0.2, 0.25) is 0 Å². The zero-order chi connectivity index (χ0) is 16.8. The summed E-state index contributed by atoms with van der Waals surface area (Å²) in [6.45, 7) is 14.1. The molecule has 0 saturated heterocycles. The van der Waals surface area contributed by atoms with Crippen LogP contribution in [0.1, 0.15) is 47.5 Å². The lowest BCUT2D eigenvalue weighted by Gasteiger charge is -2.24. The Bertz CT molecular complexity index is 243. The predicted octanol–water partition coefficient (Wildman–Crippen LogP) is 2.65. The van der Waals surface area contributed by atoms with E-state index in [0.29, 0.717) is 45.4 Å². The Morgan fingerprint density at radius 1 is 0.909 bits per heavy atom. The maximum Gasteiger partial charge on any atom is 0.0780 e. The maximum atomic E-state index is 8.89. The molecule has 1 atom stereocenters. The van der Waals surface area contributed by atoms with Gasteiger partial charge in [0.15, 0.2) is 0 Å². The molecule has 0 aliphatic heterocycles. The van der Waals surface area contributed by atoms with Gasteiger partial charge in [-0.3, -0.25) is 0 Å². The maximum absolute atomic E-state index is 8.89. The van der Waals surface area contributed by atoms with E-state index in [-0.39, 0.29) is 18.3 Å². The summed E-state index contributed by atoms with van der Waals surface area (Å²) in [5, 5.41) is 8.89. The molecule has 0 aliphatic carbocycles. The first-order valence-electron chi connectivity index (χ1n) is 8.39. The lowest BCUT2D eigenvalue weighted by molar-refractivity contribution is -0.0661. The summed E-state index contributed by atoms with van der Waals surface area (Å²) < 4.78 is 22.2. The molecule has 0 rings (SSSR count). The summed E-state index contributed by atoms with van der Waals surface area (Å²) in [6.07, 6.45) is 1.84. The second-order valence-corrected chi connectivity index (χ2v) is 6.63. The lowest BCUT2D eigenvalue weighted by Crippen LogP contribution is -2.27. The van der Waals surface area contributed by atoms with E-state index in [4.69, 9.17) is 24.1 Å². The van der Waals surface area contributed by atoms with Crippen molar-refractivity contribution in [1.29, 1.82) is 0 Å². The van der Waals surface area contributed by atoms with Gasteiger partial charge < -0.3 is 24.1 Å². The van der Waals surface area contributed by atoms with Gasteiger partial charge in [0.1, 0.15) is 0 Å². The largest absolute Gasteiger partial charge is 0.396 e. The van der Waals surface area contributed by atoms with E-state index in [0.717, 1.165) is 13.0 Å². The van der Waals surface area contributed by atoms with Crippen molar-refractivity contribution in [2.75, 3.05) is 46.2 Å². The number of ether oxygens (including phenoxy) is 4. The highest BCUT2D eigenvalue weighted by Gasteiger charge is 2.16. The molecule has 22 heavy (non-hydrogen) atoms.